The second-order valence-electron chi connectivity index (χ2n) is 4.48. The van der Waals surface area contributed by atoms with Crippen molar-refractivity contribution in [3.8, 4) is 0 Å². The van der Waals surface area contributed by atoms with Gasteiger partial charge in [-0.25, -0.2) is 4.98 Å². The first kappa shape index (κ1) is 13.3. The third-order valence-corrected chi connectivity index (χ3v) is 2.97. The lowest BCUT2D eigenvalue weighted by molar-refractivity contribution is -0.119. The van der Waals surface area contributed by atoms with E-state index in [9.17, 15) is 9.59 Å². The van der Waals surface area contributed by atoms with Crippen molar-refractivity contribution in [3.63, 3.8) is 0 Å². The van der Waals surface area contributed by atoms with Crippen molar-refractivity contribution < 1.29 is 9.59 Å². The molecule has 1 aromatic heterocycles. The monoisotopic (exact) mass is 262 g/mol. The van der Waals surface area contributed by atoms with Gasteiger partial charge in [-0.15, -0.1) is 0 Å². The highest BCUT2D eigenvalue weighted by Gasteiger charge is 2.21. The van der Waals surface area contributed by atoms with Crippen LogP contribution in [0.5, 0.6) is 0 Å². The van der Waals surface area contributed by atoms with E-state index in [0.717, 1.165) is 18.7 Å². The van der Waals surface area contributed by atoms with Crippen LogP contribution in [0.3, 0.4) is 0 Å². The molecule has 6 heteroatoms. The van der Waals surface area contributed by atoms with E-state index < -0.39 is 0 Å². The molecule has 1 aromatic rings. The van der Waals surface area contributed by atoms with Crippen LogP contribution in [0.4, 0.5) is 5.69 Å². The summed E-state index contributed by atoms with van der Waals surface area (Å²) in [4.78, 5) is 27.0. The number of amides is 2. The van der Waals surface area contributed by atoms with Crippen LogP contribution in [-0.4, -0.2) is 35.9 Å². The van der Waals surface area contributed by atoms with E-state index in [4.69, 9.17) is 0 Å². The molecule has 19 heavy (non-hydrogen) atoms. The lowest BCUT2D eigenvalue weighted by Crippen LogP contribution is -2.38. The van der Waals surface area contributed by atoms with Crippen LogP contribution >= 0.6 is 0 Å². The van der Waals surface area contributed by atoms with Crippen LogP contribution in [0, 0.1) is 0 Å². The van der Waals surface area contributed by atoms with Crippen molar-refractivity contribution in [2.75, 3.05) is 18.4 Å². The van der Waals surface area contributed by atoms with Crippen LogP contribution in [0.2, 0.25) is 0 Å². The number of carbonyl (C=O) groups is 2. The zero-order chi connectivity index (χ0) is 13.7. The number of hydrogen-bond acceptors (Lipinski definition) is 4. The lowest BCUT2D eigenvalue weighted by Gasteiger charge is -2.11. The number of nitrogens with zero attached hydrogens (tertiary/aromatic N) is 1. The summed E-state index contributed by atoms with van der Waals surface area (Å²) in [5.41, 5.74) is 1.27. The number of anilines is 1. The zero-order valence-corrected chi connectivity index (χ0v) is 10.9. The molecule has 6 nitrogen and oxygen atoms in total. The Morgan fingerprint density at radius 3 is 2.95 bits per heavy atom. The van der Waals surface area contributed by atoms with E-state index in [-0.39, 0.29) is 17.9 Å². The van der Waals surface area contributed by atoms with Gasteiger partial charge in [0.1, 0.15) is 5.69 Å². The summed E-state index contributed by atoms with van der Waals surface area (Å²) in [5.74, 6) is -0.170. The first-order valence-electron chi connectivity index (χ1n) is 6.46. The smallest absolute Gasteiger partial charge is 0.269 e. The second kappa shape index (κ2) is 6.17. The molecule has 1 saturated heterocycles. The fraction of sp³-hybridized carbons (Fsp3) is 0.462. The molecule has 1 fully saturated rings. The first-order chi connectivity index (χ1) is 9.19. The molecule has 1 aliphatic rings. The normalized spacial score (nSPS) is 17.9. The average Bonchev–Trinajstić information content (AvgIpc) is 2.83. The molecule has 0 spiro atoms. The number of rotatable bonds is 5. The van der Waals surface area contributed by atoms with Gasteiger partial charge in [0.05, 0.1) is 11.9 Å². The largest absolute Gasteiger partial charge is 0.384 e. The van der Waals surface area contributed by atoms with Gasteiger partial charge in [-0.3, -0.25) is 9.59 Å². The van der Waals surface area contributed by atoms with Crippen LogP contribution in [-0.2, 0) is 4.79 Å². The Bertz CT molecular complexity index is 458. The van der Waals surface area contributed by atoms with E-state index in [0.29, 0.717) is 18.7 Å². The molecular formula is C13H18N4O2. The summed E-state index contributed by atoms with van der Waals surface area (Å²) >= 11 is 0. The minimum atomic E-state index is -0.218. The quantitative estimate of drug-likeness (QED) is 0.722. The fourth-order valence-electron chi connectivity index (χ4n) is 1.97. The van der Waals surface area contributed by atoms with Crippen LogP contribution < -0.4 is 16.0 Å². The van der Waals surface area contributed by atoms with E-state index >= 15 is 0 Å². The van der Waals surface area contributed by atoms with Crippen molar-refractivity contribution in [1.29, 1.82) is 0 Å². The summed E-state index contributed by atoms with van der Waals surface area (Å²) < 4.78 is 0. The number of nitrogens with one attached hydrogen (secondary N) is 3. The van der Waals surface area contributed by atoms with Crippen LogP contribution in [0.1, 0.15) is 30.3 Å². The maximum absolute atomic E-state index is 11.8. The second-order valence-corrected chi connectivity index (χ2v) is 4.48. The average molecular weight is 262 g/mol. The Morgan fingerprint density at radius 2 is 2.37 bits per heavy atom. The first-order valence-corrected chi connectivity index (χ1v) is 6.46. The lowest BCUT2D eigenvalue weighted by atomic mass is 10.2. The molecule has 102 valence electrons. The van der Waals surface area contributed by atoms with Gasteiger partial charge in [0.2, 0.25) is 5.91 Å². The molecule has 1 atom stereocenters. The minimum Gasteiger partial charge on any atom is -0.384 e. The highest BCUT2D eigenvalue weighted by Crippen LogP contribution is 2.07. The third kappa shape index (κ3) is 3.67. The maximum atomic E-state index is 11.8. The number of aromatic nitrogens is 1. The standard InChI is InChI=1S/C13H18N4O2/c1-2-14-9-3-5-11(15-7-9)13(19)16-8-10-4-6-12(18)17-10/h3,5,7,10,14H,2,4,6,8H2,1H3,(H,16,19)(H,17,18). The van der Waals surface area contributed by atoms with Gasteiger partial charge in [-0.05, 0) is 25.5 Å². The van der Waals surface area contributed by atoms with Crippen molar-refractivity contribution in [2.24, 2.45) is 0 Å². The summed E-state index contributed by atoms with van der Waals surface area (Å²) in [6.45, 7) is 3.26. The minimum absolute atomic E-state index is 0.0393. The summed E-state index contributed by atoms with van der Waals surface area (Å²) in [6, 6.07) is 3.54. The molecule has 0 aliphatic carbocycles. The molecule has 2 amide bonds. The van der Waals surface area contributed by atoms with Gasteiger partial charge in [0.25, 0.3) is 5.91 Å². The molecule has 1 unspecified atom stereocenters. The van der Waals surface area contributed by atoms with Crippen LogP contribution in [0.15, 0.2) is 18.3 Å². The van der Waals surface area contributed by atoms with Gasteiger partial charge >= 0.3 is 0 Å². The zero-order valence-electron chi connectivity index (χ0n) is 10.9. The number of pyridine rings is 1. The summed E-state index contributed by atoms with van der Waals surface area (Å²) in [7, 11) is 0. The van der Waals surface area contributed by atoms with E-state index in [2.05, 4.69) is 20.9 Å². The molecular weight excluding hydrogens is 244 g/mol. The predicted octanol–water partition coefficient (Wildman–Crippen LogP) is 0.522. The predicted molar refractivity (Wildman–Crippen MR) is 71.9 cm³/mol. The molecule has 0 aromatic carbocycles. The van der Waals surface area contributed by atoms with Gasteiger partial charge < -0.3 is 16.0 Å². The molecule has 1 aliphatic heterocycles. The molecule has 0 bridgehead atoms. The van der Waals surface area contributed by atoms with E-state index in [1.54, 1.807) is 12.3 Å². The Hall–Kier alpha value is -2.11. The van der Waals surface area contributed by atoms with E-state index in [1.165, 1.54) is 0 Å². The van der Waals surface area contributed by atoms with E-state index in [1.807, 2.05) is 13.0 Å². The Balaban J connectivity index is 1.83. The van der Waals surface area contributed by atoms with Gasteiger partial charge in [0, 0.05) is 25.6 Å². The SMILES string of the molecule is CCNc1ccc(C(=O)NCC2CCC(=O)N2)nc1. The Morgan fingerprint density at radius 1 is 1.53 bits per heavy atom. The number of carbonyl (C=O) groups excluding carboxylic acids is 2. The number of hydrogen-bond donors (Lipinski definition) is 3. The van der Waals surface area contributed by atoms with Crippen molar-refractivity contribution in [3.05, 3.63) is 24.0 Å². The van der Waals surface area contributed by atoms with Gasteiger partial charge in [0.15, 0.2) is 0 Å². The van der Waals surface area contributed by atoms with Crippen molar-refractivity contribution >= 4 is 17.5 Å². The molecule has 2 rings (SSSR count). The Labute approximate surface area is 112 Å². The highest BCUT2D eigenvalue weighted by molar-refractivity contribution is 5.92. The van der Waals surface area contributed by atoms with Crippen molar-refractivity contribution in [1.82, 2.24) is 15.6 Å². The highest BCUT2D eigenvalue weighted by atomic mass is 16.2. The topological polar surface area (TPSA) is 83.1 Å². The molecule has 0 saturated carbocycles. The Kier molecular flexibility index (Phi) is 4.33. The molecule has 2 heterocycles. The summed E-state index contributed by atoms with van der Waals surface area (Å²) in [5, 5.41) is 8.69. The van der Waals surface area contributed by atoms with Crippen LogP contribution in [0.25, 0.3) is 0 Å². The van der Waals surface area contributed by atoms with Crippen molar-refractivity contribution in [2.45, 2.75) is 25.8 Å². The molecule has 3 N–H and O–H groups in total. The van der Waals surface area contributed by atoms with Gasteiger partial charge in [-0.1, -0.05) is 0 Å². The fourth-order valence-corrected chi connectivity index (χ4v) is 1.97. The third-order valence-electron chi connectivity index (χ3n) is 2.97. The van der Waals surface area contributed by atoms with Gasteiger partial charge in [-0.2, -0.15) is 0 Å². The molecule has 0 radical (unpaired) electrons. The summed E-state index contributed by atoms with van der Waals surface area (Å²) in [6.07, 6.45) is 2.94. The maximum Gasteiger partial charge on any atom is 0.269 e.